The molecule has 0 heterocycles. The maximum absolute atomic E-state index is 12.8. The maximum Gasteiger partial charge on any atom is 0.331 e. The highest BCUT2D eigenvalue weighted by Crippen LogP contribution is 2.56. The number of unbranched alkanes of at least 4 members (excludes halogenated alkanes) is 2. The van der Waals surface area contributed by atoms with E-state index < -0.39 is 23.4 Å². The minimum atomic E-state index is -0.652. The summed E-state index contributed by atoms with van der Waals surface area (Å²) in [5.74, 6) is -1.14. The number of hydrogen-bond acceptors (Lipinski definition) is 5. The Balaban J connectivity index is 2.16. The molecular weight excluding hydrogens is 380 g/mol. The van der Waals surface area contributed by atoms with Gasteiger partial charge < -0.3 is 9.84 Å². The molecule has 0 bridgehead atoms. The molecule has 30 heavy (non-hydrogen) atoms. The predicted molar refractivity (Wildman–Crippen MR) is 117 cm³/mol. The molecule has 1 N–H and O–H groups in total. The first kappa shape index (κ1) is 24.0. The molecule has 0 aromatic rings. The minimum Gasteiger partial charge on any atom is -0.455 e. The van der Waals surface area contributed by atoms with E-state index in [0.29, 0.717) is 24.7 Å². The van der Waals surface area contributed by atoms with Gasteiger partial charge in [0.15, 0.2) is 5.78 Å². The number of fused-ring (bicyclic) bond motifs is 1. The van der Waals surface area contributed by atoms with Gasteiger partial charge in [-0.3, -0.25) is 9.59 Å². The largest absolute Gasteiger partial charge is 0.455 e. The predicted octanol–water partition coefficient (Wildman–Crippen LogP) is 4.27. The van der Waals surface area contributed by atoms with Crippen LogP contribution in [0, 0.1) is 17.3 Å². The van der Waals surface area contributed by atoms with E-state index >= 15 is 0 Å². The number of aliphatic hydroxyl groups is 1. The van der Waals surface area contributed by atoms with Gasteiger partial charge in [-0.2, -0.15) is 0 Å². The van der Waals surface area contributed by atoms with Crippen molar-refractivity contribution in [2.75, 3.05) is 6.61 Å². The second-order valence-electron chi connectivity index (χ2n) is 8.62. The second kappa shape index (κ2) is 10.7. The van der Waals surface area contributed by atoms with E-state index in [1.165, 1.54) is 6.08 Å². The van der Waals surface area contributed by atoms with Gasteiger partial charge in [0.2, 0.25) is 0 Å². The van der Waals surface area contributed by atoms with Crippen molar-refractivity contribution in [1.82, 2.24) is 0 Å². The van der Waals surface area contributed by atoms with Crippen molar-refractivity contribution in [1.29, 1.82) is 0 Å². The lowest BCUT2D eigenvalue weighted by Crippen LogP contribution is -2.45. The summed E-state index contributed by atoms with van der Waals surface area (Å²) >= 11 is 0. The van der Waals surface area contributed by atoms with E-state index in [2.05, 4.69) is 19.6 Å². The molecule has 0 spiro atoms. The van der Waals surface area contributed by atoms with Crippen LogP contribution in [0.25, 0.3) is 0 Å². The van der Waals surface area contributed by atoms with Crippen LogP contribution in [0.5, 0.6) is 0 Å². The van der Waals surface area contributed by atoms with Gasteiger partial charge in [0, 0.05) is 24.0 Å². The highest BCUT2D eigenvalue weighted by atomic mass is 16.5. The molecule has 5 heteroatoms. The molecule has 1 saturated carbocycles. The lowest BCUT2D eigenvalue weighted by Gasteiger charge is -2.46. The van der Waals surface area contributed by atoms with E-state index in [9.17, 15) is 19.5 Å². The molecule has 0 unspecified atom stereocenters. The first-order chi connectivity index (χ1) is 14.3. The number of ketones is 1. The van der Waals surface area contributed by atoms with Gasteiger partial charge >= 0.3 is 5.97 Å². The van der Waals surface area contributed by atoms with Crippen LogP contribution in [-0.4, -0.2) is 35.9 Å². The van der Waals surface area contributed by atoms with E-state index in [1.54, 1.807) is 12.2 Å². The Kier molecular flexibility index (Phi) is 8.54. The zero-order valence-corrected chi connectivity index (χ0v) is 18.4. The van der Waals surface area contributed by atoms with Gasteiger partial charge in [-0.05, 0) is 55.7 Å². The fourth-order valence-electron chi connectivity index (χ4n) is 4.68. The normalized spacial score (nSPS) is 28.9. The molecule has 1 fully saturated rings. The average molecular weight is 415 g/mol. The van der Waals surface area contributed by atoms with Crippen LogP contribution in [0.4, 0.5) is 0 Å². The maximum atomic E-state index is 12.8. The van der Waals surface area contributed by atoms with E-state index in [0.717, 1.165) is 30.4 Å². The number of carbonyl (C=O) groups is 3. The van der Waals surface area contributed by atoms with E-state index in [4.69, 9.17) is 4.74 Å². The lowest BCUT2D eigenvalue weighted by molar-refractivity contribution is -0.144. The van der Waals surface area contributed by atoms with E-state index in [1.807, 2.05) is 13.8 Å². The van der Waals surface area contributed by atoms with Gasteiger partial charge in [0.1, 0.15) is 12.4 Å². The minimum absolute atomic E-state index is 0.0620. The molecule has 2 aliphatic carbocycles. The Morgan fingerprint density at radius 1 is 1.37 bits per heavy atom. The Morgan fingerprint density at radius 3 is 2.73 bits per heavy atom. The van der Waals surface area contributed by atoms with Crippen LogP contribution in [-0.2, 0) is 19.1 Å². The first-order valence-electron chi connectivity index (χ1n) is 10.8. The van der Waals surface area contributed by atoms with Crippen LogP contribution in [0.1, 0.15) is 59.3 Å². The number of allylic oxidation sites excluding steroid dienone is 5. The van der Waals surface area contributed by atoms with Gasteiger partial charge in [0.05, 0.1) is 0 Å². The third-order valence-electron chi connectivity index (χ3n) is 6.58. The van der Waals surface area contributed by atoms with Crippen molar-refractivity contribution < 1.29 is 24.2 Å². The summed E-state index contributed by atoms with van der Waals surface area (Å²) in [5, 5.41) is 9.95. The summed E-state index contributed by atoms with van der Waals surface area (Å²) in [7, 11) is 0. The second-order valence-corrected chi connectivity index (χ2v) is 8.62. The summed E-state index contributed by atoms with van der Waals surface area (Å²) in [5.41, 5.74) is 1.46. The molecule has 0 aromatic carbocycles. The van der Waals surface area contributed by atoms with Crippen LogP contribution in [0.3, 0.4) is 0 Å². The summed E-state index contributed by atoms with van der Waals surface area (Å²) < 4.78 is 5.72. The SMILES string of the molecule is C=C(C=O)C[C@H]1C(=O)C=C2[C@@H](OC(=O)/C=C/C(C)=C/CCCC)CC[C@@H](CO)[C@@]21C. The summed E-state index contributed by atoms with van der Waals surface area (Å²) in [4.78, 5) is 36.2. The van der Waals surface area contributed by atoms with Crippen LogP contribution >= 0.6 is 0 Å². The number of rotatable bonds is 10. The van der Waals surface area contributed by atoms with Crippen molar-refractivity contribution in [3.05, 3.63) is 47.6 Å². The number of carbonyl (C=O) groups excluding carboxylic acids is 3. The number of aliphatic hydroxyl groups excluding tert-OH is 1. The molecule has 0 aliphatic heterocycles. The number of aldehydes is 1. The highest BCUT2D eigenvalue weighted by Gasteiger charge is 2.55. The van der Waals surface area contributed by atoms with Gasteiger partial charge in [0.25, 0.3) is 0 Å². The van der Waals surface area contributed by atoms with Crippen LogP contribution in [0.15, 0.2) is 47.6 Å². The molecule has 0 aromatic heterocycles. The average Bonchev–Trinajstić information content (AvgIpc) is 2.98. The number of esters is 1. The Hall–Kier alpha value is -2.27. The fourth-order valence-corrected chi connectivity index (χ4v) is 4.68. The molecule has 0 radical (unpaired) electrons. The van der Waals surface area contributed by atoms with Gasteiger partial charge in [-0.1, -0.05) is 51.0 Å². The third-order valence-corrected chi connectivity index (χ3v) is 6.58. The van der Waals surface area contributed by atoms with Crippen molar-refractivity contribution in [3.63, 3.8) is 0 Å². The van der Waals surface area contributed by atoms with Crippen molar-refractivity contribution >= 4 is 18.0 Å². The topological polar surface area (TPSA) is 80.7 Å². The smallest absolute Gasteiger partial charge is 0.331 e. The number of ether oxygens (including phenoxy) is 1. The van der Waals surface area contributed by atoms with Crippen molar-refractivity contribution in [2.45, 2.75) is 65.4 Å². The zero-order chi connectivity index (χ0) is 22.3. The molecular formula is C25H34O5. The van der Waals surface area contributed by atoms with Gasteiger partial charge in [-0.25, -0.2) is 4.79 Å². The molecule has 4 atom stereocenters. The van der Waals surface area contributed by atoms with Crippen molar-refractivity contribution in [2.24, 2.45) is 17.3 Å². The fraction of sp³-hybridized carbons (Fsp3) is 0.560. The molecule has 2 rings (SSSR count). The highest BCUT2D eigenvalue weighted by molar-refractivity contribution is 5.98. The molecule has 0 amide bonds. The monoisotopic (exact) mass is 414 g/mol. The molecule has 2 aliphatic rings. The van der Waals surface area contributed by atoms with Crippen LogP contribution in [0.2, 0.25) is 0 Å². The Labute approximate surface area is 179 Å². The molecule has 164 valence electrons. The van der Waals surface area contributed by atoms with Crippen molar-refractivity contribution in [3.8, 4) is 0 Å². The Morgan fingerprint density at radius 2 is 2.10 bits per heavy atom. The quantitative estimate of drug-likeness (QED) is 0.190. The first-order valence-corrected chi connectivity index (χ1v) is 10.8. The Bertz CT molecular complexity index is 772. The number of hydrogen-bond donors (Lipinski definition) is 1. The molecule has 0 saturated heterocycles. The summed E-state index contributed by atoms with van der Waals surface area (Å²) in [6.07, 6.45) is 11.7. The summed E-state index contributed by atoms with van der Waals surface area (Å²) in [6.45, 7) is 9.68. The van der Waals surface area contributed by atoms with E-state index in [-0.39, 0.29) is 24.7 Å². The van der Waals surface area contributed by atoms with Gasteiger partial charge in [-0.15, -0.1) is 0 Å². The molecule has 5 nitrogen and oxygen atoms in total. The standard InChI is InChI=1S/C25H34O5/c1-5-6-7-8-17(2)9-12-24(29)30-23-11-10-19(16-27)25(4)20(13-18(3)15-26)22(28)14-21(23)25/h8-9,12,14-15,19-20,23,27H,3,5-7,10-11,13,16H2,1-2,4H3/b12-9+,17-8+/t19-,20-,23-,25+/m0/s1. The van der Waals surface area contributed by atoms with Crippen LogP contribution < -0.4 is 0 Å². The third kappa shape index (κ3) is 5.25. The summed E-state index contributed by atoms with van der Waals surface area (Å²) in [6, 6.07) is 0. The lowest BCUT2D eigenvalue weighted by atomic mass is 9.59. The zero-order valence-electron chi connectivity index (χ0n) is 18.4.